The fourth-order valence-electron chi connectivity index (χ4n) is 2.88. The first-order valence-electron chi connectivity index (χ1n) is 7.74. The topological polar surface area (TPSA) is 37.4 Å². The van der Waals surface area contributed by atoms with Crippen molar-refractivity contribution in [3.63, 3.8) is 0 Å². The van der Waals surface area contributed by atoms with Crippen LogP contribution in [-0.4, -0.2) is 42.2 Å². The molecule has 20 heavy (non-hydrogen) atoms. The minimum atomic E-state index is 0.605. The summed E-state index contributed by atoms with van der Waals surface area (Å²) in [4.78, 5) is 7.13. The predicted octanol–water partition coefficient (Wildman–Crippen LogP) is 2.44. The molecular formula is C16H27N3O. The van der Waals surface area contributed by atoms with Gasteiger partial charge in [-0.15, -0.1) is 0 Å². The van der Waals surface area contributed by atoms with Crippen molar-refractivity contribution < 1.29 is 4.74 Å². The van der Waals surface area contributed by atoms with Crippen LogP contribution in [0, 0.1) is 0 Å². The van der Waals surface area contributed by atoms with Gasteiger partial charge in [-0.25, -0.2) is 4.98 Å². The fourth-order valence-corrected chi connectivity index (χ4v) is 2.88. The molecule has 1 fully saturated rings. The van der Waals surface area contributed by atoms with Crippen LogP contribution < -0.4 is 10.1 Å². The Morgan fingerprint density at radius 2 is 2.25 bits per heavy atom. The van der Waals surface area contributed by atoms with Gasteiger partial charge in [0.05, 0.1) is 12.8 Å². The van der Waals surface area contributed by atoms with E-state index in [1.165, 1.54) is 19.3 Å². The molecule has 0 radical (unpaired) electrons. The number of rotatable bonds is 6. The lowest BCUT2D eigenvalue weighted by atomic mass is 10.0. The van der Waals surface area contributed by atoms with E-state index in [4.69, 9.17) is 4.74 Å². The van der Waals surface area contributed by atoms with Gasteiger partial charge in [-0.1, -0.05) is 26.3 Å². The Labute approximate surface area is 122 Å². The molecule has 0 bridgehead atoms. The molecular weight excluding hydrogens is 250 g/mol. The second-order valence-corrected chi connectivity index (χ2v) is 5.56. The second-order valence-electron chi connectivity index (χ2n) is 5.56. The van der Waals surface area contributed by atoms with Gasteiger partial charge in [0, 0.05) is 37.8 Å². The van der Waals surface area contributed by atoms with Crippen molar-refractivity contribution in [2.75, 3.05) is 20.2 Å². The van der Waals surface area contributed by atoms with Crippen molar-refractivity contribution in [1.82, 2.24) is 15.2 Å². The number of pyridine rings is 1. The highest BCUT2D eigenvalue weighted by atomic mass is 16.5. The Kier molecular flexibility index (Phi) is 5.80. The first-order chi connectivity index (χ1) is 9.76. The van der Waals surface area contributed by atoms with Crippen molar-refractivity contribution >= 4 is 0 Å². The van der Waals surface area contributed by atoms with E-state index in [-0.39, 0.29) is 0 Å². The van der Waals surface area contributed by atoms with Gasteiger partial charge in [0.25, 0.3) is 0 Å². The zero-order valence-electron chi connectivity index (χ0n) is 12.9. The summed E-state index contributed by atoms with van der Waals surface area (Å²) in [5.74, 6) is 0.705. The van der Waals surface area contributed by atoms with Crippen LogP contribution in [0.15, 0.2) is 18.2 Å². The van der Waals surface area contributed by atoms with Gasteiger partial charge >= 0.3 is 0 Å². The van der Waals surface area contributed by atoms with Crippen molar-refractivity contribution in [3.8, 4) is 5.88 Å². The molecule has 0 aliphatic carbocycles. The summed E-state index contributed by atoms with van der Waals surface area (Å²) in [7, 11) is 1.67. The SMILES string of the molecule is CCCC1CNC(CC)CN1Cc1cccc(OC)n1. The van der Waals surface area contributed by atoms with E-state index in [2.05, 4.69) is 35.1 Å². The zero-order chi connectivity index (χ0) is 14.4. The van der Waals surface area contributed by atoms with Gasteiger partial charge in [-0.3, -0.25) is 4.90 Å². The minimum absolute atomic E-state index is 0.605. The summed E-state index contributed by atoms with van der Waals surface area (Å²) in [6, 6.07) is 7.24. The second kappa shape index (κ2) is 7.60. The maximum atomic E-state index is 5.22. The number of hydrogen-bond donors (Lipinski definition) is 1. The number of ether oxygens (including phenoxy) is 1. The zero-order valence-corrected chi connectivity index (χ0v) is 12.9. The fraction of sp³-hybridized carbons (Fsp3) is 0.688. The Balaban J connectivity index is 2.05. The minimum Gasteiger partial charge on any atom is -0.481 e. The van der Waals surface area contributed by atoms with Gasteiger partial charge < -0.3 is 10.1 Å². The Hall–Kier alpha value is -1.13. The lowest BCUT2D eigenvalue weighted by molar-refractivity contribution is 0.112. The number of methoxy groups -OCH3 is 1. The number of nitrogens with one attached hydrogen (secondary N) is 1. The third kappa shape index (κ3) is 3.93. The Morgan fingerprint density at radius 1 is 1.40 bits per heavy atom. The highest BCUT2D eigenvalue weighted by Crippen LogP contribution is 2.17. The molecule has 1 saturated heterocycles. The first-order valence-corrected chi connectivity index (χ1v) is 7.74. The lowest BCUT2D eigenvalue weighted by Gasteiger charge is -2.40. The van der Waals surface area contributed by atoms with Crippen LogP contribution in [0.1, 0.15) is 38.8 Å². The number of hydrogen-bond acceptors (Lipinski definition) is 4. The van der Waals surface area contributed by atoms with Crippen LogP contribution in [0.2, 0.25) is 0 Å². The van der Waals surface area contributed by atoms with Crippen molar-refractivity contribution in [2.45, 2.75) is 51.7 Å². The third-order valence-corrected chi connectivity index (χ3v) is 4.08. The molecule has 1 aliphatic heterocycles. The molecule has 2 unspecified atom stereocenters. The van der Waals surface area contributed by atoms with E-state index in [1.54, 1.807) is 7.11 Å². The summed E-state index contributed by atoms with van der Waals surface area (Å²) in [6.45, 7) is 7.63. The molecule has 0 aromatic carbocycles. The lowest BCUT2D eigenvalue weighted by Crippen LogP contribution is -2.55. The number of nitrogens with zero attached hydrogens (tertiary/aromatic N) is 2. The van der Waals surface area contributed by atoms with Gasteiger partial charge in [-0.2, -0.15) is 0 Å². The molecule has 2 heterocycles. The van der Waals surface area contributed by atoms with E-state index < -0.39 is 0 Å². The van der Waals surface area contributed by atoms with Gasteiger partial charge in [-0.05, 0) is 18.9 Å². The van der Waals surface area contributed by atoms with E-state index in [9.17, 15) is 0 Å². The molecule has 0 spiro atoms. The van der Waals surface area contributed by atoms with E-state index in [0.29, 0.717) is 18.0 Å². The molecule has 0 saturated carbocycles. The average molecular weight is 277 g/mol. The first kappa shape index (κ1) is 15.3. The van der Waals surface area contributed by atoms with E-state index >= 15 is 0 Å². The quantitative estimate of drug-likeness (QED) is 0.866. The van der Waals surface area contributed by atoms with Crippen LogP contribution in [0.25, 0.3) is 0 Å². The summed E-state index contributed by atoms with van der Waals surface area (Å²) in [5, 5.41) is 3.66. The normalized spacial score (nSPS) is 23.8. The molecule has 1 aliphatic rings. The van der Waals surface area contributed by atoms with E-state index in [0.717, 1.165) is 25.3 Å². The Morgan fingerprint density at radius 3 is 2.95 bits per heavy atom. The summed E-state index contributed by atoms with van der Waals surface area (Å²) >= 11 is 0. The van der Waals surface area contributed by atoms with Crippen LogP contribution in [0.5, 0.6) is 5.88 Å². The molecule has 112 valence electrons. The molecule has 2 rings (SSSR count). The molecule has 4 heteroatoms. The molecule has 2 atom stereocenters. The standard InChI is InChI=1S/C16H27N3O/c1-4-7-15-10-17-13(5-2)11-19(15)12-14-8-6-9-16(18-14)20-3/h6,8-9,13,15,17H,4-5,7,10-12H2,1-3H3. The molecule has 1 aromatic rings. The van der Waals surface area contributed by atoms with Gasteiger partial charge in [0.1, 0.15) is 0 Å². The monoisotopic (exact) mass is 277 g/mol. The molecule has 1 N–H and O–H groups in total. The van der Waals surface area contributed by atoms with Gasteiger partial charge in [0.2, 0.25) is 5.88 Å². The smallest absolute Gasteiger partial charge is 0.213 e. The van der Waals surface area contributed by atoms with Crippen molar-refractivity contribution in [2.24, 2.45) is 0 Å². The maximum Gasteiger partial charge on any atom is 0.213 e. The van der Waals surface area contributed by atoms with Crippen LogP contribution >= 0.6 is 0 Å². The summed E-state index contributed by atoms with van der Waals surface area (Å²) < 4.78 is 5.22. The molecule has 4 nitrogen and oxygen atoms in total. The van der Waals surface area contributed by atoms with Gasteiger partial charge in [0.15, 0.2) is 0 Å². The number of aromatic nitrogens is 1. The average Bonchev–Trinajstić information content (AvgIpc) is 2.49. The maximum absolute atomic E-state index is 5.22. The predicted molar refractivity (Wildman–Crippen MR) is 82.0 cm³/mol. The van der Waals surface area contributed by atoms with Crippen LogP contribution in [-0.2, 0) is 6.54 Å². The molecule has 1 aromatic heterocycles. The van der Waals surface area contributed by atoms with E-state index in [1.807, 2.05) is 12.1 Å². The highest BCUT2D eigenvalue weighted by molar-refractivity contribution is 5.15. The third-order valence-electron chi connectivity index (χ3n) is 4.08. The number of piperazine rings is 1. The van der Waals surface area contributed by atoms with Crippen molar-refractivity contribution in [3.05, 3.63) is 23.9 Å². The highest BCUT2D eigenvalue weighted by Gasteiger charge is 2.26. The Bertz CT molecular complexity index is 410. The largest absolute Gasteiger partial charge is 0.481 e. The summed E-state index contributed by atoms with van der Waals surface area (Å²) in [6.07, 6.45) is 3.65. The van der Waals surface area contributed by atoms with Crippen molar-refractivity contribution in [1.29, 1.82) is 0 Å². The van der Waals surface area contributed by atoms with Crippen LogP contribution in [0.4, 0.5) is 0 Å². The molecule has 0 amide bonds. The van der Waals surface area contributed by atoms with Crippen LogP contribution in [0.3, 0.4) is 0 Å². The summed E-state index contributed by atoms with van der Waals surface area (Å²) in [5.41, 5.74) is 1.10.